The number of hydrogen-bond donors (Lipinski definition) is 1. The largest absolute Gasteiger partial charge is 0.481 e. The summed E-state index contributed by atoms with van der Waals surface area (Å²) in [6.07, 6.45) is 2.60. The third-order valence-electron chi connectivity index (χ3n) is 4.13. The normalized spacial score (nSPS) is 17.2. The van der Waals surface area contributed by atoms with Gasteiger partial charge < -0.3 is 14.4 Å². The molecular weight excluding hydrogens is 315 g/mol. The smallest absolute Gasteiger partial charge is 0.308 e. The fourth-order valence-electron chi connectivity index (χ4n) is 2.73. The predicted octanol–water partition coefficient (Wildman–Crippen LogP) is 2.35. The molecule has 2 heterocycles. The molecule has 1 saturated heterocycles. The number of aromatic nitrogens is 1. The van der Waals surface area contributed by atoms with Crippen molar-refractivity contribution in [2.45, 2.75) is 19.3 Å². The van der Waals surface area contributed by atoms with Crippen molar-refractivity contribution in [3.63, 3.8) is 0 Å². The number of benzene rings is 1. The zero-order chi connectivity index (χ0) is 17.1. The average molecular weight is 332 g/mol. The molecule has 6 nitrogen and oxygen atoms in total. The van der Waals surface area contributed by atoms with E-state index in [2.05, 4.69) is 4.98 Å². The van der Waals surface area contributed by atoms with Crippen molar-refractivity contribution < 1.29 is 23.5 Å². The monoisotopic (exact) mass is 332 g/mol. The summed E-state index contributed by atoms with van der Waals surface area (Å²) in [5.41, 5.74) is 0.713. The number of carboxylic acids is 1. The molecule has 7 heteroatoms. The molecule has 24 heavy (non-hydrogen) atoms. The van der Waals surface area contributed by atoms with E-state index in [0.717, 1.165) is 0 Å². The number of amides is 1. The quantitative estimate of drug-likeness (QED) is 0.908. The summed E-state index contributed by atoms with van der Waals surface area (Å²) in [5, 5.41) is 8.96. The lowest BCUT2D eigenvalue weighted by Crippen LogP contribution is -2.30. The first-order valence-electron chi connectivity index (χ1n) is 7.74. The number of carbonyl (C=O) groups excluding carboxylic acids is 1. The van der Waals surface area contributed by atoms with Crippen LogP contribution in [0.4, 0.5) is 4.39 Å². The summed E-state index contributed by atoms with van der Waals surface area (Å²) in [4.78, 5) is 28.7. The van der Waals surface area contributed by atoms with Crippen molar-refractivity contribution in [1.29, 1.82) is 0 Å². The van der Waals surface area contributed by atoms with Crippen LogP contribution in [0.3, 0.4) is 0 Å². The molecule has 1 aromatic heterocycles. The van der Waals surface area contributed by atoms with E-state index in [-0.39, 0.29) is 24.7 Å². The van der Waals surface area contributed by atoms with Crippen molar-refractivity contribution in [1.82, 2.24) is 9.88 Å². The Bertz CT molecular complexity index is 741. The van der Waals surface area contributed by atoms with Crippen molar-refractivity contribution in [3.05, 3.63) is 42.2 Å². The summed E-state index contributed by atoms with van der Waals surface area (Å²) < 4.78 is 18.5. The van der Waals surface area contributed by atoms with Crippen LogP contribution in [-0.2, 0) is 16.0 Å². The molecule has 1 atom stereocenters. The van der Waals surface area contributed by atoms with Crippen molar-refractivity contribution in [2.24, 2.45) is 5.92 Å². The van der Waals surface area contributed by atoms with Gasteiger partial charge in [-0.05, 0) is 30.7 Å². The number of likely N-dealkylation sites (tertiary alicyclic amines) is 1. The first kappa shape index (κ1) is 16.2. The zero-order valence-corrected chi connectivity index (χ0v) is 12.9. The van der Waals surface area contributed by atoms with Crippen molar-refractivity contribution >= 4 is 11.9 Å². The highest BCUT2D eigenvalue weighted by molar-refractivity contribution is 5.78. The summed E-state index contributed by atoms with van der Waals surface area (Å²) in [6, 6.07) is 5.88. The van der Waals surface area contributed by atoms with Gasteiger partial charge in [-0.2, -0.15) is 0 Å². The summed E-state index contributed by atoms with van der Waals surface area (Å²) in [6.45, 7) is 0.739. The molecule has 0 radical (unpaired) electrons. The van der Waals surface area contributed by atoms with Gasteiger partial charge in [0.15, 0.2) is 11.7 Å². The van der Waals surface area contributed by atoms with Gasteiger partial charge in [0.2, 0.25) is 5.91 Å². The van der Waals surface area contributed by atoms with Crippen molar-refractivity contribution in [2.75, 3.05) is 13.1 Å². The van der Waals surface area contributed by atoms with Crippen LogP contribution >= 0.6 is 0 Å². The van der Waals surface area contributed by atoms with Gasteiger partial charge in [-0.1, -0.05) is 0 Å². The molecular formula is C17H17FN2O4. The molecule has 1 aliphatic rings. The Morgan fingerprint density at radius 1 is 1.33 bits per heavy atom. The average Bonchev–Trinajstić information content (AvgIpc) is 3.23. The number of halogens is 1. The number of aryl methyl sites for hydroxylation is 1. The molecule has 2 aromatic rings. The van der Waals surface area contributed by atoms with E-state index in [1.54, 1.807) is 23.2 Å². The molecule has 126 valence electrons. The van der Waals surface area contributed by atoms with Crippen LogP contribution in [-0.4, -0.2) is 40.0 Å². The highest BCUT2D eigenvalue weighted by Gasteiger charge is 2.30. The minimum atomic E-state index is -0.859. The Kier molecular flexibility index (Phi) is 4.59. The lowest BCUT2D eigenvalue weighted by Gasteiger charge is -2.14. The molecule has 1 aliphatic heterocycles. The fourth-order valence-corrected chi connectivity index (χ4v) is 2.73. The molecule has 1 unspecified atom stereocenters. The SMILES string of the molecule is O=C(O)C1CCN(C(=O)CCc2ncc(-c3ccc(F)cc3)o2)C1. The second kappa shape index (κ2) is 6.82. The lowest BCUT2D eigenvalue weighted by molar-refractivity contribution is -0.141. The third kappa shape index (κ3) is 3.61. The zero-order valence-electron chi connectivity index (χ0n) is 12.9. The summed E-state index contributed by atoms with van der Waals surface area (Å²) in [7, 11) is 0. The first-order chi connectivity index (χ1) is 11.5. The van der Waals surface area contributed by atoms with Gasteiger partial charge in [-0.15, -0.1) is 0 Å². The second-order valence-corrected chi connectivity index (χ2v) is 5.79. The lowest BCUT2D eigenvalue weighted by atomic mass is 10.1. The van der Waals surface area contributed by atoms with Crippen molar-refractivity contribution in [3.8, 4) is 11.3 Å². The Balaban J connectivity index is 1.55. The molecule has 1 amide bonds. The van der Waals surface area contributed by atoms with E-state index in [9.17, 15) is 14.0 Å². The third-order valence-corrected chi connectivity index (χ3v) is 4.13. The number of carboxylic acid groups (broad SMARTS) is 1. The van der Waals surface area contributed by atoms with E-state index in [1.807, 2.05) is 0 Å². The van der Waals surface area contributed by atoms with Gasteiger partial charge in [-0.25, -0.2) is 9.37 Å². The van der Waals surface area contributed by atoms with Crippen LogP contribution in [0.15, 0.2) is 34.9 Å². The van der Waals surface area contributed by atoms with Gasteiger partial charge >= 0.3 is 5.97 Å². The number of aliphatic carboxylic acids is 1. The standard InChI is InChI=1S/C17H17FN2O4/c18-13-3-1-11(2-4-13)14-9-19-15(24-14)5-6-16(21)20-8-7-12(10-20)17(22)23/h1-4,9,12H,5-8,10H2,(H,22,23). The Labute approximate surface area is 137 Å². The second-order valence-electron chi connectivity index (χ2n) is 5.79. The van der Waals surface area contributed by atoms with E-state index in [0.29, 0.717) is 36.6 Å². The van der Waals surface area contributed by atoms with E-state index in [4.69, 9.17) is 9.52 Å². The van der Waals surface area contributed by atoms with Crippen LogP contribution in [0.1, 0.15) is 18.7 Å². The maximum Gasteiger partial charge on any atom is 0.308 e. The van der Waals surface area contributed by atoms with Crippen LogP contribution < -0.4 is 0 Å². The minimum Gasteiger partial charge on any atom is -0.481 e. The highest BCUT2D eigenvalue weighted by atomic mass is 19.1. The molecule has 3 rings (SSSR count). The van der Waals surface area contributed by atoms with Gasteiger partial charge in [0.25, 0.3) is 0 Å². The van der Waals surface area contributed by atoms with Crippen LogP contribution in [0.5, 0.6) is 0 Å². The number of oxazole rings is 1. The molecule has 0 bridgehead atoms. The minimum absolute atomic E-state index is 0.0970. The summed E-state index contributed by atoms with van der Waals surface area (Å²) >= 11 is 0. The van der Waals surface area contributed by atoms with Gasteiger partial charge in [0, 0.05) is 31.5 Å². The van der Waals surface area contributed by atoms with E-state index < -0.39 is 11.9 Å². The Morgan fingerprint density at radius 3 is 2.75 bits per heavy atom. The molecule has 1 aromatic carbocycles. The van der Waals surface area contributed by atoms with E-state index >= 15 is 0 Å². The van der Waals surface area contributed by atoms with E-state index in [1.165, 1.54) is 12.1 Å². The molecule has 0 aliphatic carbocycles. The highest BCUT2D eigenvalue weighted by Crippen LogP contribution is 2.22. The summed E-state index contributed by atoms with van der Waals surface area (Å²) in [5.74, 6) is -0.807. The van der Waals surface area contributed by atoms with Gasteiger partial charge in [0.1, 0.15) is 5.82 Å². The topological polar surface area (TPSA) is 83.6 Å². The number of nitrogens with zero attached hydrogens (tertiary/aromatic N) is 2. The predicted molar refractivity (Wildman–Crippen MR) is 82.5 cm³/mol. The van der Waals surface area contributed by atoms with Gasteiger partial charge in [-0.3, -0.25) is 9.59 Å². The number of hydrogen-bond acceptors (Lipinski definition) is 4. The fraction of sp³-hybridized carbons (Fsp3) is 0.353. The Morgan fingerprint density at radius 2 is 2.08 bits per heavy atom. The first-order valence-corrected chi connectivity index (χ1v) is 7.74. The molecule has 1 N–H and O–H groups in total. The molecule has 0 saturated carbocycles. The molecule has 0 spiro atoms. The maximum atomic E-state index is 12.9. The van der Waals surface area contributed by atoms with Gasteiger partial charge in [0.05, 0.1) is 12.1 Å². The molecule has 1 fully saturated rings. The van der Waals surface area contributed by atoms with Crippen LogP contribution in [0.2, 0.25) is 0 Å². The number of rotatable bonds is 5. The van der Waals surface area contributed by atoms with Crippen LogP contribution in [0, 0.1) is 11.7 Å². The maximum absolute atomic E-state index is 12.9. The number of carbonyl (C=O) groups is 2. The van der Waals surface area contributed by atoms with Crippen LogP contribution in [0.25, 0.3) is 11.3 Å². The Hall–Kier alpha value is -2.70.